The summed E-state index contributed by atoms with van der Waals surface area (Å²) in [5.74, 6) is -0.257. The SMILES string of the molecule is COC(=O)C1CNCC1c1cccc(C#N)c1.Cl. The lowest BCUT2D eigenvalue weighted by Gasteiger charge is -2.16. The van der Waals surface area contributed by atoms with Gasteiger partial charge in [0.25, 0.3) is 0 Å². The number of hydrogen-bond acceptors (Lipinski definition) is 4. The fourth-order valence-corrected chi connectivity index (χ4v) is 2.27. The summed E-state index contributed by atoms with van der Waals surface area (Å²) in [6.07, 6.45) is 0. The molecule has 2 unspecified atom stereocenters. The van der Waals surface area contributed by atoms with Crippen LogP contribution in [-0.2, 0) is 9.53 Å². The van der Waals surface area contributed by atoms with Crippen molar-refractivity contribution in [2.24, 2.45) is 5.92 Å². The summed E-state index contributed by atoms with van der Waals surface area (Å²) in [7, 11) is 1.41. The van der Waals surface area contributed by atoms with Crippen LogP contribution in [0.25, 0.3) is 0 Å². The van der Waals surface area contributed by atoms with Gasteiger partial charge in [-0.3, -0.25) is 4.79 Å². The van der Waals surface area contributed by atoms with E-state index < -0.39 is 0 Å². The Morgan fingerprint density at radius 1 is 1.50 bits per heavy atom. The molecule has 1 N–H and O–H groups in total. The number of methoxy groups -OCH3 is 1. The molecule has 1 heterocycles. The van der Waals surface area contributed by atoms with Crippen LogP contribution in [0.5, 0.6) is 0 Å². The van der Waals surface area contributed by atoms with Gasteiger partial charge >= 0.3 is 5.97 Å². The molecule has 18 heavy (non-hydrogen) atoms. The van der Waals surface area contributed by atoms with Gasteiger partial charge in [-0.15, -0.1) is 12.4 Å². The number of halogens is 1. The van der Waals surface area contributed by atoms with Crippen LogP contribution < -0.4 is 5.32 Å². The van der Waals surface area contributed by atoms with E-state index >= 15 is 0 Å². The lowest BCUT2D eigenvalue weighted by Crippen LogP contribution is -2.22. The van der Waals surface area contributed by atoms with Crippen LogP contribution in [0.1, 0.15) is 17.0 Å². The first-order valence-corrected chi connectivity index (χ1v) is 5.55. The number of nitrogens with one attached hydrogen (secondary N) is 1. The van der Waals surface area contributed by atoms with E-state index in [-0.39, 0.29) is 30.2 Å². The molecule has 0 spiro atoms. The van der Waals surface area contributed by atoms with Gasteiger partial charge in [-0.25, -0.2) is 0 Å². The fraction of sp³-hybridized carbons (Fsp3) is 0.385. The van der Waals surface area contributed by atoms with Crippen LogP contribution in [0.3, 0.4) is 0 Å². The maximum atomic E-state index is 11.6. The lowest BCUT2D eigenvalue weighted by atomic mass is 9.88. The molecule has 5 heteroatoms. The summed E-state index contributed by atoms with van der Waals surface area (Å²) >= 11 is 0. The Kier molecular flexibility index (Phi) is 5.14. The van der Waals surface area contributed by atoms with Gasteiger partial charge in [-0.05, 0) is 17.7 Å². The minimum Gasteiger partial charge on any atom is -0.469 e. The predicted octanol–water partition coefficient (Wildman–Crippen LogP) is 1.46. The summed E-state index contributed by atoms with van der Waals surface area (Å²) < 4.78 is 4.80. The molecular weight excluding hydrogens is 252 g/mol. The fourth-order valence-electron chi connectivity index (χ4n) is 2.27. The monoisotopic (exact) mass is 266 g/mol. The van der Waals surface area contributed by atoms with Crippen LogP contribution in [0.15, 0.2) is 24.3 Å². The van der Waals surface area contributed by atoms with E-state index in [1.54, 1.807) is 6.07 Å². The highest BCUT2D eigenvalue weighted by Crippen LogP contribution is 2.29. The van der Waals surface area contributed by atoms with E-state index in [1.807, 2.05) is 18.2 Å². The van der Waals surface area contributed by atoms with Crippen molar-refractivity contribution in [3.63, 3.8) is 0 Å². The predicted molar refractivity (Wildman–Crippen MR) is 69.5 cm³/mol. The molecule has 1 aliphatic heterocycles. The van der Waals surface area contributed by atoms with E-state index in [2.05, 4.69) is 11.4 Å². The second-order valence-electron chi connectivity index (χ2n) is 4.13. The first-order chi connectivity index (χ1) is 8.26. The Hall–Kier alpha value is -1.57. The molecule has 96 valence electrons. The number of carbonyl (C=O) groups excluding carboxylic acids is 1. The van der Waals surface area contributed by atoms with E-state index in [4.69, 9.17) is 10.00 Å². The van der Waals surface area contributed by atoms with Crippen molar-refractivity contribution < 1.29 is 9.53 Å². The molecular formula is C13H15ClN2O2. The molecule has 4 nitrogen and oxygen atoms in total. The average molecular weight is 267 g/mol. The number of rotatable bonds is 2. The first kappa shape index (κ1) is 14.5. The van der Waals surface area contributed by atoms with Crippen molar-refractivity contribution in [1.29, 1.82) is 5.26 Å². The van der Waals surface area contributed by atoms with Crippen molar-refractivity contribution in [2.45, 2.75) is 5.92 Å². The van der Waals surface area contributed by atoms with Crippen LogP contribution >= 0.6 is 12.4 Å². The Bertz CT molecular complexity index is 470. The maximum Gasteiger partial charge on any atom is 0.310 e. The normalized spacial score (nSPS) is 21.8. The zero-order valence-corrected chi connectivity index (χ0v) is 10.9. The van der Waals surface area contributed by atoms with Gasteiger partial charge < -0.3 is 10.1 Å². The zero-order valence-electron chi connectivity index (χ0n) is 10.1. The van der Waals surface area contributed by atoms with E-state index in [1.165, 1.54) is 7.11 Å². The molecule has 0 aliphatic carbocycles. The Morgan fingerprint density at radius 2 is 2.28 bits per heavy atom. The van der Waals surface area contributed by atoms with Gasteiger partial charge in [-0.2, -0.15) is 5.26 Å². The Morgan fingerprint density at radius 3 is 2.94 bits per heavy atom. The molecule has 0 amide bonds. The highest BCUT2D eigenvalue weighted by molar-refractivity contribution is 5.85. The highest BCUT2D eigenvalue weighted by atomic mass is 35.5. The molecule has 0 saturated carbocycles. The quantitative estimate of drug-likeness (QED) is 0.823. The van der Waals surface area contributed by atoms with Gasteiger partial charge in [0, 0.05) is 19.0 Å². The summed E-state index contributed by atoms with van der Waals surface area (Å²) in [6.45, 7) is 1.38. The van der Waals surface area contributed by atoms with Crippen molar-refractivity contribution in [1.82, 2.24) is 5.32 Å². The van der Waals surface area contributed by atoms with Crippen molar-refractivity contribution in [2.75, 3.05) is 20.2 Å². The van der Waals surface area contributed by atoms with E-state index in [9.17, 15) is 4.79 Å². The topological polar surface area (TPSA) is 62.1 Å². The lowest BCUT2D eigenvalue weighted by molar-refractivity contribution is -0.145. The maximum absolute atomic E-state index is 11.6. The largest absolute Gasteiger partial charge is 0.469 e. The molecule has 2 rings (SSSR count). The molecule has 1 aromatic rings. The average Bonchev–Trinajstić information content (AvgIpc) is 2.87. The summed E-state index contributed by atoms with van der Waals surface area (Å²) in [4.78, 5) is 11.6. The number of hydrogen-bond donors (Lipinski definition) is 1. The molecule has 1 aliphatic rings. The van der Waals surface area contributed by atoms with Crippen molar-refractivity contribution in [3.8, 4) is 6.07 Å². The van der Waals surface area contributed by atoms with E-state index in [0.717, 1.165) is 12.1 Å². The summed E-state index contributed by atoms with van der Waals surface area (Å²) in [5, 5.41) is 12.1. The van der Waals surface area contributed by atoms with Gasteiger partial charge in [0.05, 0.1) is 24.7 Å². The Labute approximate surface area is 112 Å². The summed E-state index contributed by atoms with van der Waals surface area (Å²) in [5.41, 5.74) is 1.64. The van der Waals surface area contributed by atoms with Crippen molar-refractivity contribution in [3.05, 3.63) is 35.4 Å². The summed E-state index contributed by atoms with van der Waals surface area (Å²) in [6, 6.07) is 9.52. The number of nitriles is 1. The molecule has 0 bridgehead atoms. The molecule has 2 atom stereocenters. The third-order valence-electron chi connectivity index (χ3n) is 3.16. The molecule has 0 radical (unpaired) electrons. The zero-order chi connectivity index (χ0) is 12.3. The second kappa shape index (κ2) is 6.39. The number of ether oxygens (including phenoxy) is 1. The minimum absolute atomic E-state index is 0. The smallest absolute Gasteiger partial charge is 0.310 e. The molecule has 0 aromatic heterocycles. The Balaban J connectivity index is 0.00000162. The standard InChI is InChI=1S/C13H14N2O2.ClH/c1-17-13(16)12-8-15-7-11(12)10-4-2-3-9(5-10)6-14;/h2-5,11-12,15H,7-8H2,1H3;1H. The third kappa shape index (κ3) is 2.81. The van der Waals surface area contributed by atoms with Crippen LogP contribution in [0.2, 0.25) is 0 Å². The van der Waals surface area contributed by atoms with Crippen LogP contribution in [0, 0.1) is 17.2 Å². The number of esters is 1. The van der Waals surface area contributed by atoms with Gasteiger partial charge in [-0.1, -0.05) is 12.1 Å². The first-order valence-electron chi connectivity index (χ1n) is 5.55. The number of nitrogens with zero attached hydrogens (tertiary/aromatic N) is 1. The second-order valence-corrected chi connectivity index (χ2v) is 4.13. The van der Waals surface area contributed by atoms with Crippen LogP contribution in [0.4, 0.5) is 0 Å². The van der Waals surface area contributed by atoms with Crippen molar-refractivity contribution >= 4 is 18.4 Å². The van der Waals surface area contributed by atoms with E-state index in [0.29, 0.717) is 12.1 Å². The molecule has 1 aromatic carbocycles. The minimum atomic E-state index is -0.192. The van der Waals surface area contributed by atoms with Crippen LogP contribution in [-0.4, -0.2) is 26.2 Å². The van der Waals surface area contributed by atoms with Gasteiger partial charge in [0.1, 0.15) is 0 Å². The third-order valence-corrected chi connectivity index (χ3v) is 3.16. The van der Waals surface area contributed by atoms with Gasteiger partial charge in [0.2, 0.25) is 0 Å². The molecule has 1 saturated heterocycles. The van der Waals surface area contributed by atoms with Gasteiger partial charge in [0.15, 0.2) is 0 Å². The number of carbonyl (C=O) groups is 1. The molecule has 1 fully saturated rings. The number of benzene rings is 1. The highest BCUT2D eigenvalue weighted by Gasteiger charge is 2.34.